The summed E-state index contributed by atoms with van der Waals surface area (Å²) in [6.07, 6.45) is 4.03. The van der Waals surface area contributed by atoms with Gasteiger partial charge in [0, 0.05) is 19.2 Å². The predicted octanol–water partition coefficient (Wildman–Crippen LogP) is 3.65. The zero-order valence-electron chi connectivity index (χ0n) is 14.0. The Labute approximate surface area is 151 Å². The Bertz CT molecular complexity index is 501. The van der Waals surface area contributed by atoms with Crippen molar-refractivity contribution >= 4 is 29.9 Å². The highest BCUT2D eigenvalue weighted by Gasteiger charge is 2.20. The summed E-state index contributed by atoms with van der Waals surface area (Å²) in [5.41, 5.74) is 2.39. The van der Waals surface area contributed by atoms with Crippen LogP contribution in [0.5, 0.6) is 5.75 Å². The minimum atomic E-state index is 0. The van der Waals surface area contributed by atoms with Crippen LogP contribution in [0, 0.1) is 12.8 Å². The maximum absolute atomic E-state index is 5.46. The Morgan fingerprint density at radius 1 is 1.41 bits per heavy atom. The Hall–Kier alpha value is -0.980. The second-order valence-electron chi connectivity index (χ2n) is 5.84. The highest BCUT2D eigenvalue weighted by molar-refractivity contribution is 14.0. The van der Waals surface area contributed by atoms with Crippen molar-refractivity contribution in [2.45, 2.75) is 39.2 Å². The first kappa shape index (κ1) is 19.1. The van der Waals surface area contributed by atoms with Gasteiger partial charge in [-0.2, -0.15) is 0 Å². The van der Waals surface area contributed by atoms with Crippen LogP contribution in [-0.2, 0) is 0 Å². The van der Waals surface area contributed by atoms with E-state index in [1.165, 1.54) is 24.8 Å². The van der Waals surface area contributed by atoms with Gasteiger partial charge in [0.25, 0.3) is 0 Å². The van der Waals surface area contributed by atoms with E-state index in [0.717, 1.165) is 29.7 Å². The Morgan fingerprint density at radius 3 is 2.73 bits per heavy atom. The molecule has 0 saturated heterocycles. The third-order valence-electron chi connectivity index (χ3n) is 3.97. The van der Waals surface area contributed by atoms with Crippen molar-refractivity contribution in [3.63, 3.8) is 0 Å². The summed E-state index contributed by atoms with van der Waals surface area (Å²) in [5, 5.41) is 6.83. The van der Waals surface area contributed by atoms with Gasteiger partial charge in [0.1, 0.15) is 5.75 Å². The minimum Gasteiger partial charge on any atom is -0.496 e. The molecule has 1 aromatic carbocycles. The number of aryl methyl sites for hydroxylation is 1. The summed E-state index contributed by atoms with van der Waals surface area (Å²) < 4.78 is 5.46. The van der Waals surface area contributed by atoms with E-state index in [9.17, 15) is 0 Å². The number of aliphatic imine (C=N–C) groups is 1. The lowest BCUT2D eigenvalue weighted by Crippen LogP contribution is -2.39. The molecule has 4 nitrogen and oxygen atoms in total. The lowest BCUT2D eigenvalue weighted by atomic mass is 10.0. The van der Waals surface area contributed by atoms with Crippen molar-refractivity contribution in [3.05, 3.63) is 29.3 Å². The Kier molecular flexibility index (Phi) is 8.00. The molecular weight excluding hydrogens is 389 g/mol. The molecule has 2 N–H and O–H groups in total. The highest BCUT2D eigenvalue weighted by Crippen LogP contribution is 2.31. The molecule has 1 fully saturated rings. The first-order chi connectivity index (χ1) is 10.1. The van der Waals surface area contributed by atoms with Gasteiger partial charge in [-0.15, -0.1) is 24.0 Å². The number of guanidine groups is 1. The van der Waals surface area contributed by atoms with Crippen molar-refractivity contribution in [1.29, 1.82) is 0 Å². The molecular formula is C17H28IN3O. The molecule has 1 saturated carbocycles. The molecule has 1 aliphatic carbocycles. The average molecular weight is 417 g/mol. The Balaban J connectivity index is 0.00000242. The van der Waals surface area contributed by atoms with Crippen LogP contribution < -0.4 is 15.4 Å². The second kappa shape index (κ2) is 9.22. The zero-order valence-corrected chi connectivity index (χ0v) is 16.3. The first-order valence-electron chi connectivity index (χ1n) is 7.75. The molecule has 5 heteroatoms. The van der Waals surface area contributed by atoms with Crippen LogP contribution >= 0.6 is 24.0 Å². The Morgan fingerprint density at radius 2 is 2.14 bits per heavy atom. The van der Waals surface area contributed by atoms with Gasteiger partial charge in [0.05, 0.1) is 13.2 Å². The van der Waals surface area contributed by atoms with Crippen molar-refractivity contribution in [3.8, 4) is 5.75 Å². The largest absolute Gasteiger partial charge is 0.496 e. The van der Waals surface area contributed by atoms with Gasteiger partial charge in [0.2, 0.25) is 0 Å². The molecule has 124 valence electrons. The van der Waals surface area contributed by atoms with Crippen molar-refractivity contribution in [1.82, 2.24) is 10.6 Å². The van der Waals surface area contributed by atoms with Gasteiger partial charge in [-0.3, -0.25) is 4.99 Å². The highest BCUT2D eigenvalue weighted by atomic mass is 127. The van der Waals surface area contributed by atoms with Gasteiger partial charge < -0.3 is 15.4 Å². The molecule has 0 amide bonds. The fraction of sp³-hybridized carbons (Fsp3) is 0.588. The van der Waals surface area contributed by atoms with Crippen molar-refractivity contribution < 1.29 is 4.74 Å². The lowest BCUT2D eigenvalue weighted by Gasteiger charge is -2.20. The molecule has 0 aromatic heterocycles. The summed E-state index contributed by atoms with van der Waals surface area (Å²) in [6, 6.07) is 6.39. The maximum atomic E-state index is 5.46. The van der Waals surface area contributed by atoms with Crippen molar-refractivity contribution in [2.24, 2.45) is 10.9 Å². The van der Waals surface area contributed by atoms with E-state index >= 15 is 0 Å². The molecule has 22 heavy (non-hydrogen) atoms. The molecule has 2 rings (SSSR count). The van der Waals surface area contributed by atoms with Crippen molar-refractivity contribution in [2.75, 3.05) is 20.7 Å². The standard InChI is InChI=1S/C17H27N3O.HI/c1-12-5-8-16(21-4)15(11-12)13(2)20-17(18-3)19-10-9-14-6-7-14;/h5,8,11,13-14H,6-7,9-10H2,1-4H3,(H2,18,19,20);1H. The third kappa shape index (κ3) is 5.66. The molecule has 1 aliphatic rings. The fourth-order valence-electron chi connectivity index (χ4n) is 2.47. The number of nitrogens with zero attached hydrogens (tertiary/aromatic N) is 1. The van der Waals surface area contributed by atoms with E-state index in [1.807, 2.05) is 13.1 Å². The first-order valence-corrected chi connectivity index (χ1v) is 7.75. The summed E-state index contributed by atoms with van der Waals surface area (Å²) in [7, 11) is 3.52. The number of nitrogens with one attached hydrogen (secondary N) is 2. The molecule has 0 heterocycles. The summed E-state index contributed by atoms with van der Waals surface area (Å²) in [5.74, 6) is 2.70. The number of methoxy groups -OCH3 is 1. The van der Waals surface area contributed by atoms with Crippen LogP contribution in [0.15, 0.2) is 23.2 Å². The summed E-state index contributed by atoms with van der Waals surface area (Å²) >= 11 is 0. The molecule has 0 spiro atoms. The third-order valence-corrected chi connectivity index (χ3v) is 3.97. The quantitative estimate of drug-likeness (QED) is 0.422. The molecule has 0 radical (unpaired) electrons. The van der Waals surface area contributed by atoms with Crippen LogP contribution in [-0.4, -0.2) is 26.7 Å². The van der Waals surface area contributed by atoms with E-state index in [-0.39, 0.29) is 30.0 Å². The van der Waals surface area contributed by atoms with Crippen LogP contribution in [0.25, 0.3) is 0 Å². The smallest absolute Gasteiger partial charge is 0.191 e. The number of hydrogen-bond acceptors (Lipinski definition) is 2. The van der Waals surface area contributed by atoms with E-state index in [0.29, 0.717) is 0 Å². The molecule has 0 bridgehead atoms. The molecule has 1 aromatic rings. The van der Waals surface area contributed by atoms with Gasteiger partial charge in [-0.05, 0) is 32.3 Å². The number of benzene rings is 1. The van der Waals surface area contributed by atoms with Crippen LogP contribution in [0.3, 0.4) is 0 Å². The SMILES string of the molecule is CN=C(NCCC1CC1)NC(C)c1cc(C)ccc1OC.I. The van der Waals surface area contributed by atoms with Gasteiger partial charge in [-0.25, -0.2) is 0 Å². The van der Waals surface area contributed by atoms with E-state index in [1.54, 1.807) is 7.11 Å². The summed E-state index contributed by atoms with van der Waals surface area (Å²) in [6.45, 7) is 5.21. The van der Waals surface area contributed by atoms with E-state index < -0.39 is 0 Å². The molecule has 0 aliphatic heterocycles. The van der Waals surface area contributed by atoms with Crippen LogP contribution in [0.1, 0.15) is 43.4 Å². The second-order valence-corrected chi connectivity index (χ2v) is 5.84. The van der Waals surface area contributed by atoms with Gasteiger partial charge in [0.15, 0.2) is 5.96 Å². The minimum absolute atomic E-state index is 0. The average Bonchev–Trinajstić information content (AvgIpc) is 3.30. The van der Waals surface area contributed by atoms with Gasteiger partial charge >= 0.3 is 0 Å². The number of halogens is 1. The fourth-order valence-corrected chi connectivity index (χ4v) is 2.47. The summed E-state index contributed by atoms with van der Waals surface area (Å²) in [4.78, 5) is 4.30. The number of rotatable bonds is 6. The number of hydrogen-bond donors (Lipinski definition) is 2. The maximum Gasteiger partial charge on any atom is 0.191 e. The van der Waals surface area contributed by atoms with E-state index in [2.05, 4.69) is 41.6 Å². The molecule has 1 unspecified atom stereocenters. The predicted molar refractivity (Wildman–Crippen MR) is 103 cm³/mol. The topological polar surface area (TPSA) is 45.7 Å². The lowest BCUT2D eigenvalue weighted by molar-refractivity contribution is 0.405. The zero-order chi connectivity index (χ0) is 15.2. The number of ether oxygens (including phenoxy) is 1. The van der Waals surface area contributed by atoms with Gasteiger partial charge in [-0.1, -0.05) is 30.5 Å². The normalized spacial score (nSPS) is 15.7. The van der Waals surface area contributed by atoms with E-state index in [4.69, 9.17) is 4.74 Å². The van der Waals surface area contributed by atoms with Crippen LogP contribution in [0.2, 0.25) is 0 Å². The van der Waals surface area contributed by atoms with Crippen LogP contribution in [0.4, 0.5) is 0 Å². The molecule has 1 atom stereocenters. The monoisotopic (exact) mass is 417 g/mol.